The Balaban J connectivity index is 2.07. The molecule has 136 valence electrons. The molecule has 0 radical (unpaired) electrons. The first-order valence-corrected chi connectivity index (χ1v) is 10.1. The third kappa shape index (κ3) is 3.84. The first-order chi connectivity index (χ1) is 11.6. The third-order valence-electron chi connectivity index (χ3n) is 4.10. The average molecular weight is 389 g/mol. The van der Waals surface area contributed by atoms with Crippen molar-refractivity contribution < 1.29 is 21.6 Å². The normalized spacial score (nSPS) is 15.4. The molecule has 0 spiro atoms. The van der Waals surface area contributed by atoms with Gasteiger partial charge in [0.25, 0.3) is 10.0 Å². The van der Waals surface area contributed by atoms with Crippen LogP contribution in [0.2, 0.25) is 0 Å². The van der Waals surface area contributed by atoms with E-state index in [2.05, 4.69) is 0 Å². The molecule has 1 aliphatic rings. The van der Waals surface area contributed by atoms with E-state index in [1.165, 1.54) is 12.1 Å². The second-order valence-electron chi connectivity index (χ2n) is 6.36. The van der Waals surface area contributed by atoms with Crippen LogP contribution in [0.1, 0.15) is 28.8 Å². The number of anilines is 1. The Morgan fingerprint density at radius 1 is 1.20 bits per heavy atom. The molecule has 1 saturated carbocycles. The first-order valence-electron chi connectivity index (χ1n) is 7.86. The van der Waals surface area contributed by atoms with Crippen molar-refractivity contribution in [3.05, 3.63) is 46.3 Å². The molecule has 0 saturated heterocycles. The summed E-state index contributed by atoms with van der Waals surface area (Å²) in [6, 6.07) is 6.31. The lowest BCUT2D eigenvalue weighted by Gasteiger charge is -2.25. The highest BCUT2D eigenvalue weighted by atomic mass is 32.2. The molecule has 0 bridgehead atoms. The number of hydrogen-bond acceptors (Lipinski definition) is 3. The number of hydrogen-bond donors (Lipinski definition) is 0. The van der Waals surface area contributed by atoms with Gasteiger partial charge in [-0.2, -0.15) is 13.2 Å². The van der Waals surface area contributed by atoms with E-state index in [4.69, 9.17) is 0 Å². The third-order valence-corrected chi connectivity index (χ3v) is 7.66. The van der Waals surface area contributed by atoms with Crippen molar-refractivity contribution in [2.75, 3.05) is 10.8 Å². The molecule has 0 unspecified atom stereocenters. The largest absolute Gasteiger partial charge is 0.416 e. The summed E-state index contributed by atoms with van der Waals surface area (Å²) in [5.74, 6) is 0.200. The van der Waals surface area contributed by atoms with Gasteiger partial charge in [-0.15, -0.1) is 11.3 Å². The van der Waals surface area contributed by atoms with Gasteiger partial charge in [0, 0.05) is 11.4 Å². The van der Waals surface area contributed by atoms with Crippen LogP contribution in [-0.4, -0.2) is 15.0 Å². The fourth-order valence-electron chi connectivity index (χ4n) is 2.69. The second-order valence-corrected chi connectivity index (χ2v) is 9.67. The van der Waals surface area contributed by atoms with Crippen LogP contribution in [0, 0.1) is 19.8 Å². The highest BCUT2D eigenvalue weighted by molar-refractivity contribution is 7.94. The molecule has 8 heteroatoms. The number of rotatable bonds is 5. The summed E-state index contributed by atoms with van der Waals surface area (Å²) in [7, 11) is -3.90. The van der Waals surface area contributed by atoms with E-state index in [0.717, 1.165) is 45.5 Å². The molecule has 2 aromatic rings. The van der Waals surface area contributed by atoms with Crippen LogP contribution in [0.25, 0.3) is 0 Å². The number of alkyl halides is 3. The Hall–Kier alpha value is -1.54. The smallest absolute Gasteiger partial charge is 0.265 e. The Labute approximate surface area is 149 Å². The summed E-state index contributed by atoms with van der Waals surface area (Å²) >= 11 is 1.15. The van der Waals surface area contributed by atoms with Crippen molar-refractivity contribution >= 4 is 27.0 Å². The van der Waals surface area contributed by atoms with Crippen LogP contribution in [0.15, 0.2) is 34.5 Å². The molecule has 1 heterocycles. The number of thiophene rings is 1. The number of nitrogens with zero attached hydrogens (tertiary/aromatic N) is 1. The fourth-order valence-corrected chi connectivity index (χ4v) is 5.99. The standard InChI is InChI=1S/C17H18F3NO2S2/c1-11-8-12(2)24-16(11)25(22,23)21(10-13-6-7-13)15-5-3-4-14(9-15)17(18,19)20/h3-5,8-9,13H,6-7,10H2,1-2H3. The van der Waals surface area contributed by atoms with Crippen molar-refractivity contribution in [2.24, 2.45) is 5.92 Å². The fraction of sp³-hybridized carbons (Fsp3) is 0.412. The Morgan fingerprint density at radius 3 is 2.40 bits per heavy atom. The molecule has 1 aliphatic carbocycles. The lowest BCUT2D eigenvalue weighted by atomic mass is 10.2. The highest BCUT2D eigenvalue weighted by Crippen LogP contribution is 2.38. The SMILES string of the molecule is Cc1cc(C)c(S(=O)(=O)N(CC2CC2)c2cccc(C(F)(F)F)c2)s1. The van der Waals surface area contributed by atoms with Crippen LogP contribution < -0.4 is 4.31 Å². The van der Waals surface area contributed by atoms with Crippen molar-refractivity contribution in [3.63, 3.8) is 0 Å². The molecule has 0 aliphatic heterocycles. The van der Waals surface area contributed by atoms with Gasteiger partial charge in [-0.05, 0) is 62.4 Å². The Bertz CT molecular complexity index is 884. The predicted octanol–water partition coefficient (Wildman–Crippen LogP) is 4.99. The first kappa shape index (κ1) is 18.3. The second kappa shape index (κ2) is 6.32. The van der Waals surface area contributed by atoms with Gasteiger partial charge in [0.2, 0.25) is 0 Å². The van der Waals surface area contributed by atoms with Crippen molar-refractivity contribution in [1.29, 1.82) is 0 Å². The van der Waals surface area contributed by atoms with Gasteiger partial charge in [-0.25, -0.2) is 8.42 Å². The predicted molar refractivity (Wildman–Crippen MR) is 92.5 cm³/mol. The molecule has 0 amide bonds. The maximum absolute atomic E-state index is 13.1. The molecular formula is C17H18F3NO2S2. The highest BCUT2D eigenvalue weighted by Gasteiger charge is 2.36. The lowest BCUT2D eigenvalue weighted by molar-refractivity contribution is -0.137. The van der Waals surface area contributed by atoms with E-state index in [0.29, 0.717) is 5.56 Å². The van der Waals surface area contributed by atoms with Crippen LogP contribution in [-0.2, 0) is 16.2 Å². The Morgan fingerprint density at radius 2 is 1.88 bits per heavy atom. The molecule has 3 nitrogen and oxygen atoms in total. The molecule has 1 aromatic carbocycles. The number of halogens is 3. The van der Waals surface area contributed by atoms with E-state index in [9.17, 15) is 21.6 Å². The van der Waals surface area contributed by atoms with Crippen LogP contribution >= 0.6 is 11.3 Å². The lowest BCUT2D eigenvalue weighted by Crippen LogP contribution is -2.33. The van der Waals surface area contributed by atoms with Gasteiger partial charge in [-0.1, -0.05) is 6.07 Å². The van der Waals surface area contributed by atoms with Crippen molar-refractivity contribution in [3.8, 4) is 0 Å². The van der Waals surface area contributed by atoms with Crippen LogP contribution in [0.4, 0.5) is 18.9 Å². The minimum Gasteiger partial charge on any atom is -0.265 e. The zero-order valence-corrected chi connectivity index (χ0v) is 15.4. The van der Waals surface area contributed by atoms with E-state index in [1.54, 1.807) is 13.0 Å². The summed E-state index contributed by atoms with van der Waals surface area (Å²) < 4.78 is 66.7. The van der Waals surface area contributed by atoms with E-state index >= 15 is 0 Å². The summed E-state index contributed by atoms with van der Waals surface area (Å²) in [5, 5.41) is 0. The molecule has 0 atom stereocenters. The average Bonchev–Trinajstić information content (AvgIpc) is 3.27. The topological polar surface area (TPSA) is 37.4 Å². The summed E-state index contributed by atoms with van der Waals surface area (Å²) in [6.45, 7) is 3.73. The summed E-state index contributed by atoms with van der Waals surface area (Å²) in [6.07, 6.45) is -2.72. The molecule has 3 rings (SSSR count). The van der Waals surface area contributed by atoms with Crippen LogP contribution in [0.3, 0.4) is 0 Å². The molecular weight excluding hydrogens is 371 g/mol. The zero-order valence-electron chi connectivity index (χ0n) is 13.8. The van der Waals surface area contributed by atoms with Crippen molar-refractivity contribution in [2.45, 2.75) is 37.1 Å². The molecule has 1 aromatic heterocycles. The van der Waals surface area contributed by atoms with Gasteiger partial charge >= 0.3 is 6.18 Å². The van der Waals surface area contributed by atoms with Gasteiger partial charge in [-0.3, -0.25) is 4.31 Å². The van der Waals surface area contributed by atoms with E-state index in [1.807, 2.05) is 6.92 Å². The number of sulfonamides is 1. The minimum absolute atomic E-state index is 0.0622. The zero-order chi connectivity index (χ0) is 18.4. The summed E-state index contributed by atoms with van der Waals surface area (Å²) in [5.41, 5.74) is -0.164. The molecule has 25 heavy (non-hydrogen) atoms. The van der Waals surface area contributed by atoms with Gasteiger partial charge in [0.15, 0.2) is 0 Å². The van der Waals surface area contributed by atoms with Gasteiger partial charge < -0.3 is 0 Å². The van der Waals surface area contributed by atoms with E-state index in [-0.39, 0.29) is 22.4 Å². The summed E-state index contributed by atoms with van der Waals surface area (Å²) in [4.78, 5) is 0.853. The van der Waals surface area contributed by atoms with Crippen LogP contribution in [0.5, 0.6) is 0 Å². The minimum atomic E-state index is -4.51. The quantitative estimate of drug-likeness (QED) is 0.723. The maximum Gasteiger partial charge on any atom is 0.416 e. The molecule has 0 N–H and O–H groups in total. The van der Waals surface area contributed by atoms with Gasteiger partial charge in [0.1, 0.15) is 4.21 Å². The number of aryl methyl sites for hydroxylation is 2. The monoisotopic (exact) mass is 389 g/mol. The number of benzene rings is 1. The van der Waals surface area contributed by atoms with Crippen molar-refractivity contribution in [1.82, 2.24) is 0 Å². The van der Waals surface area contributed by atoms with Gasteiger partial charge in [0.05, 0.1) is 11.3 Å². The molecule has 1 fully saturated rings. The maximum atomic E-state index is 13.1. The van der Waals surface area contributed by atoms with E-state index < -0.39 is 21.8 Å². The Kier molecular flexibility index (Phi) is 4.61.